The number of aliphatic hydroxyl groups is 7. The van der Waals surface area contributed by atoms with Crippen molar-refractivity contribution in [2.24, 2.45) is 16.7 Å². The number of rotatable bonds is 11. The van der Waals surface area contributed by atoms with Crippen molar-refractivity contribution in [1.82, 2.24) is 0 Å². The van der Waals surface area contributed by atoms with Crippen LogP contribution in [-0.2, 0) is 52.2 Å². The van der Waals surface area contributed by atoms with E-state index in [9.17, 15) is 40.5 Å². The average molecular weight is 929 g/mol. The lowest BCUT2D eigenvalue weighted by Crippen LogP contribution is -2.78. The highest BCUT2D eigenvalue weighted by atomic mass is 16.8. The van der Waals surface area contributed by atoms with Crippen LogP contribution >= 0.6 is 0 Å². The largest absolute Gasteiger partial charge is 0.392 e. The third-order valence-electron chi connectivity index (χ3n) is 17.6. The lowest BCUT2D eigenvalue weighted by molar-refractivity contribution is -0.345. The Bertz CT molecular complexity index is 1710. The number of hydrogen-bond acceptors (Lipinski definition) is 18. The minimum absolute atomic E-state index is 0.00917. The molecule has 7 N–H and O–H groups in total. The van der Waals surface area contributed by atoms with E-state index >= 15 is 0 Å². The smallest absolute Gasteiger partial charge is 0.162 e. The summed E-state index contributed by atoms with van der Waals surface area (Å²) < 4.78 is 61.3. The molecule has 18 heteroatoms. The zero-order valence-corrected chi connectivity index (χ0v) is 39.4. The van der Waals surface area contributed by atoms with E-state index in [-0.39, 0.29) is 44.6 Å². The van der Waals surface area contributed by atoms with Crippen molar-refractivity contribution in [2.75, 3.05) is 14.2 Å². The molecule has 8 aliphatic rings. The molecule has 8 rings (SSSR count). The summed E-state index contributed by atoms with van der Waals surface area (Å²) in [6, 6.07) is 0. The van der Waals surface area contributed by atoms with Gasteiger partial charge >= 0.3 is 0 Å². The van der Waals surface area contributed by atoms with Crippen molar-refractivity contribution in [3.8, 4) is 0 Å². The highest BCUT2D eigenvalue weighted by Gasteiger charge is 2.80. The second kappa shape index (κ2) is 18.5. The zero-order chi connectivity index (χ0) is 47.2. The number of aliphatic hydroxyl groups excluding tert-OH is 4. The first-order valence-corrected chi connectivity index (χ1v) is 23.9. The van der Waals surface area contributed by atoms with Crippen molar-refractivity contribution in [3.05, 3.63) is 11.6 Å². The summed E-state index contributed by atoms with van der Waals surface area (Å²) in [4.78, 5) is 12.8. The Morgan fingerprint density at radius 3 is 1.72 bits per heavy atom. The summed E-state index contributed by atoms with van der Waals surface area (Å²) in [5, 5.41) is 81.2. The van der Waals surface area contributed by atoms with E-state index in [1.807, 2.05) is 13.0 Å². The summed E-state index contributed by atoms with van der Waals surface area (Å²) in [5.74, 6) is -1.05. The summed E-state index contributed by atoms with van der Waals surface area (Å²) in [7, 11) is 3.14. The third-order valence-corrected chi connectivity index (χ3v) is 17.6. The summed E-state index contributed by atoms with van der Waals surface area (Å²) >= 11 is 0. The van der Waals surface area contributed by atoms with Crippen LogP contribution < -0.4 is 0 Å². The Labute approximate surface area is 382 Å². The van der Waals surface area contributed by atoms with Crippen molar-refractivity contribution in [2.45, 2.75) is 247 Å². The number of ketones is 1. The van der Waals surface area contributed by atoms with Crippen molar-refractivity contribution < 1.29 is 87.9 Å². The van der Waals surface area contributed by atoms with Crippen LogP contribution in [0.3, 0.4) is 0 Å². The van der Waals surface area contributed by atoms with E-state index in [1.54, 1.807) is 41.9 Å². The van der Waals surface area contributed by atoms with Crippen LogP contribution in [0, 0.1) is 16.7 Å². The van der Waals surface area contributed by atoms with Crippen molar-refractivity contribution >= 4 is 5.78 Å². The monoisotopic (exact) mass is 929 g/mol. The van der Waals surface area contributed by atoms with E-state index in [0.29, 0.717) is 32.1 Å². The molecule has 24 atom stereocenters. The second-order valence-corrected chi connectivity index (χ2v) is 21.1. The van der Waals surface area contributed by atoms with Crippen LogP contribution in [0.4, 0.5) is 0 Å². The van der Waals surface area contributed by atoms with Gasteiger partial charge in [-0.1, -0.05) is 25.5 Å². The Kier molecular flexibility index (Phi) is 14.3. The lowest BCUT2D eigenvalue weighted by Gasteiger charge is -2.66. The van der Waals surface area contributed by atoms with Crippen LogP contribution in [0.2, 0.25) is 0 Å². The van der Waals surface area contributed by atoms with Gasteiger partial charge < -0.3 is 83.1 Å². The second-order valence-electron chi connectivity index (χ2n) is 21.1. The van der Waals surface area contributed by atoms with Gasteiger partial charge in [-0.25, -0.2) is 0 Å². The van der Waals surface area contributed by atoms with Crippen LogP contribution in [-0.4, -0.2) is 183 Å². The van der Waals surface area contributed by atoms with E-state index in [0.717, 1.165) is 5.57 Å². The van der Waals surface area contributed by atoms with Crippen LogP contribution in [0.5, 0.6) is 0 Å². The molecule has 4 aliphatic carbocycles. The number of Topliss-reactive ketones (excluding diaryl/α,β-unsaturated/α-hetero) is 1. The van der Waals surface area contributed by atoms with Gasteiger partial charge in [0.2, 0.25) is 0 Å². The molecule has 372 valence electrons. The van der Waals surface area contributed by atoms with E-state index in [2.05, 4.69) is 6.92 Å². The average Bonchev–Trinajstić information content (AvgIpc) is 3.48. The molecule has 0 aromatic rings. The SMILES string of the molecule is COC1CC(OC2C(C)OC(OC3C(O)CC(OC4C(O)CC(OC5CCC6(C)C(=CCC7(O)C6CC(O)C6(C)C(O)(C(C)=O)CCC76O)C5)OC4C)OC3C)CC2OC)OC(C)C1O. The molecular weight excluding hydrogens is 852 g/mol. The van der Waals surface area contributed by atoms with Gasteiger partial charge in [0.25, 0.3) is 0 Å². The molecule has 0 radical (unpaired) electrons. The van der Waals surface area contributed by atoms with E-state index in [4.69, 9.17) is 47.4 Å². The molecule has 0 aromatic heterocycles. The molecule has 65 heavy (non-hydrogen) atoms. The molecule has 4 aliphatic heterocycles. The minimum atomic E-state index is -1.96. The van der Waals surface area contributed by atoms with Crippen LogP contribution in [0.15, 0.2) is 11.6 Å². The highest BCUT2D eigenvalue weighted by molar-refractivity contribution is 5.87. The fourth-order valence-corrected chi connectivity index (χ4v) is 13.5. The molecule has 3 saturated carbocycles. The standard InChI is InChI=1S/C47H76O18/c1-22-39(52)31(56-8)19-37(58-22)65-42-25(4)61-38(20-32(42)57-9)64-41-24(3)60-36(18-30(41)50)63-40-23(2)59-35(17-29(40)49)62-28-11-12-43(6)27(16-28)10-13-46(54)33(43)21-34(51)44(7)45(53,26(5)48)14-15-47(44,46)55/h10,22-25,28-42,49-55H,11-21H2,1-9H3. The topological polar surface area (TPSA) is 251 Å². The van der Waals surface area contributed by atoms with Gasteiger partial charge in [-0.05, 0) is 85.0 Å². The summed E-state index contributed by atoms with van der Waals surface area (Å²) in [5.41, 5.74) is -6.67. The highest BCUT2D eigenvalue weighted by Crippen LogP contribution is 2.70. The molecular formula is C47H76O18. The molecule has 0 bridgehead atoms. The predicted octanol–water partition coefficient (Wildman–Crippen LogP) is 1.66. The fraction of sp³-hybridized carbons (Fsp3) is 0.936. The molecule has 0 amide bonds. The normalized spacial score (nSPS) is 54.8. The van der Waals surface area contributed by atoms with Gasteiger partial charge in [0, 0.05) is 45.8 Å². The van der Waals surface area contributed by atoms with Gasteiger partial charge in [-0.15, -0.1) is 0 Å². The number of ether oxygens (including phenoxy) is 10. The fourth-order valence-electron chi connectivity index (χ4n) is 13.5. The molecule has 0 aromatic carbocycles. The number of carbonyl (C=O) groups excluding carboxylic acids is 1. The maximum Gasteiger partial charge on any atom is 0.162 e. The number of fused-ring (bicyclic) bond motifs is 5. The first kappa shape index (κ1) is 50.1. The first-order valence-electron chi connectivity index (χ1n) is 23.9. The number of carbonyl (C=O) groups is 1. The lowest BCUT2D eigenvalue weighted by atomic mass is 9.42. The van der Waals surface area contributed by atoms with Crippen molar-refractivity contribution in [1.29, 1.82) is 0 Å². The minimum Gasteiger partial charge on any atom is -0.392 e. The Balaban J connectivity index is 0.823. The maximum atomic E-state index is 12.8. The third kappa shape index (κ3) is 8.32. The molecule has 7 fully saturated rings. The zero-order valence-electron chi connectivity index (χ0n) is 39.4. The number of hydrogen-bond donors (Lipinski definition) is 7. The quantitative estimate of drug-likeness (QED) is 0.146. The number of methoxy groups -OCH3 is 2. The molecule has 24 unspecified atom stereocenters. The molecule has 0 spiro atoms. The van der Waals surface area contributed by atoms with Crippen molar-refractivity contribution in [3.63, 3.8) is 0 Å². The first-order chi connectivity index (χ1) is 30.5. The summed E-state index contributed by atoms with van der Waals surface area (Å²) in [6.45, 7) is 12.1. The predicted molar refractivity (Wildman–Crippen MR) is 227 cm³/mol. The van der Waals surface area contributed by atoms with Gasteiger partial charge in [-0.2, -0.15) is 0 Å². The molecule has 18 nitrogen and oxygen atoms in total. The Hall–Kier alpha value is -1.27. The van der Waals surface area contributed by atoms with Crippen LogP contribution in [0.25, 0.3) is 0 Å². The van der Waals surface area contributed by atoms with E-state index < -0.39 is 144 Å². The van der Waals surface area contributed by atoms with Gasteiger partial charge in [0.1, 0.15) is 41.2 Å². The van der Waals surface area contributed by atoms with Crippen LogP contribution in [0.1, 0.15) is 119 Å². The Morgan fingerprint density at radius 2 is 1.17 bits per heavy atom. The van der Waals surface area contributed by atoms with E-state index in [1.165, 1.54) is 6.92 Å². The van der Waals surface area contributed by atoms with Gasteiger partial charge in [0.05, 0.1) is 66.5 Å². The Morgan fingerprint density at radius 1 is 0.662 bits per heavy atom. The van der Waals surface area contributed by atoms with Gasteiger partial charge in [0.15, 0.2) is 30.9 Å². The van der Waals surface area contributed by atoms with Gasteiger partial charge in [-0.3, -0.25) is 4.79 Å². The maximum absolute atomic E-state index is 12.8. The molecule has 4 saturated heterocycles. The molecule has 4 heterocycles. The summed E-state index contributed by atoms with van der Waals surface area (Å²) in [6.07, 6.45) is -7.35.